The van der Waals surface area contributed by atoms with E-state index in [2.05, 4.69) is 20.9 Å². The third-order valence-electron chi connectivity index (χ3n) is 2.81. The molecule has 1 heterocycles. The van der Waals surface area contributed by atoms with Crippen LogP contribution in [0.4, 0.5) is 5.82 Å². The van der Waals surface area contributed by atoms with Crippen LogP contribution in [0, 0.1) is 17.0 Å². The number of nitro groups is 1. The lowest BCUT2D eigenvalue weighted by Gasteiger charge is -2.08. The van der Waals surface area contributed by atoms with Gasteiger partial charge in [-0.2, -0.15) is 0 Å². The zero-order valence-corrected chi connectivity index (χ0v) is 13.1. The van der Waals surface area contributed by atoms with Gasteiger partial charge in [0.05, 0.1) is 18.7 Å². The smallest absolute Gasteiger partial charge is 0.396 e. The summed E-state index contributed by atoms with van der Waals surface area (Å²) in [6.07, 6.45) is 0. The van der Waals surface area contributed by atoms with Crippen LogP contribution in [-0.2, 0) is 6.54 Å². The second-order valence-corrected chi connectivity index (χ2v) is 5.24. The summed E-state index contributed by atoms with van der Waals surface area (Å²) in [7, 11) is 1.54. The molecular weight excluding hydrogens is 350 g/mol. The average molecular weight is 361 g/mol. The summed E-state index contributed by atoms with van der Waals surface area (Å²) in [5, 5.41) is 11.3. The number of ether oxygens (including phenoxy) is 1. The van der Waals surface area contributed by atoms with Gasteiger partial charge in [0.15, 0.2) is 4.60 Å². The van der Waals surface area contributed by atoms with Crippen LogP contribution >= 0.6 is 27.5 Å². The third-order valence-corrected chi connectivity index (χ3v) is 3.89. The number of rotatable bonds is 4. The number of hydrogen-bond donors (Lipinski definition) is 0. The molecule has 0 fully saturated rings. The number of hydrogen-bond acceptors (Lipinski definition) is 4. The van der Waals surface area contributed by atoms with Gasteiger partial charge < -0.3 is 14.9 Å². The van der Waals surface area contributed by atoms with E-state index in [0.717, 1.165) is 5.56 Å². The highest BCUT2D eigenvalue weighted by Crippen LogP contribution is 2.29. The minimum Gasteiger partial charge on any atom is -0.495 e. The van der Waals surface area contributed by atoms with Crippen LogP contribution in [0.5, 0.6) is 5.75 Å². The minimum atomic E-state index is -0.519. The molecule has 0 aliphatic rings. The Morgan fingerprint density at radius 3 is 2.75 bits per heavy atom. The van der Waals surface area contributed by atoms with E-state index < -0.39 is 4.92 Å². The van der Waals surface area contributed by atoms with Crippen molar-refractivity contribution in [1.82, 2.24) is 9.55 Å². The molecule has 1 aromatic heterocycles. The first-order valence-electron chi connectivity index (χ1n) is 5.63. The Morgan fingerprint density at radius 1 is 1.55 bits per heavy atom. The molecule has 0 saturated carbocycles. The van der Waals surface area contributed by atoms with Crippen LogP contribution < -0.4 is 4.74 Å². The van der Waals surface area contributed by atoms with E-state index in [4.69, 9.17) is 16.3 Å². The van der Waals surface area contributed by atoms with E-state index >= 15 is 0 Å². The maximum atomic E-state index is 10.8. The van der Waals surface area contributed by atoms with Crippen molar-refractivity contribution in [3.05, 3.63) is 49.3 Å². The van der Waals surface area contributed by atoms with Crippen molar-refractivity contribution in [3.63, 3.8) is 0 Å². The summed E-state index contributed by atoms with van der Waals surface area (Å²) in [6, 6.07) is 5.37. The molecular formula is C12H11BrClN3O3. The van der Waals surface area contributed by atoms with E-state index in [0.29, 0.717) is 27.7 Å². The van der Waals surface area contributed by atoms with E-state index in [1.54, 1.807) is 30.7 Å². The maximum Gasteiger partial charge on any atom is 0.396 e. The Labute approximate surface area is 128 Å². The number of aryl methyl sites for hydroxylation is 1. The minimum absolute atomic E-state index is 0.192. The Morgan fingerprint density at radius 2 is 2.25 bits per heavy atom. The fourth-order valence-corrected chi connectivity index (χ4v) is 2.71. The summed E-state index contributed by atoms with van der Waals surface area (Å²) >= 11 is 9.27. The van der Waals surface area contributed by atoms with Crippen LogP contribution in [0.25, 0.3) is 0 Å². The van der Waals surface area contributed by atoms with E-state index in [-0.39, 0.29) is 5.82 Å². The van der Waals surface area contributed by atoms with Crippen LogP contribution in [0.15, 0.2) is 22.8 Å². The third kappa shape index (κ3) is 2.78. The predicted octanol–water partition coefficient (Wildman–Crippen LogP) is 3.57. The number of aromatic nitrogens is 2. The maximum absolute atomic E-state index is 10.8. The molecule has 0 radical (unpaired) electrons. The summed E-state index contributed by atoms with van der Waals surface area (Å²) in [4.78, 5) is 14.2. The fourth-order valence-electron chi connectivity index (χ4n) is 1.81. The van der Waals surface area contributed by atoms with Crippen molar-refractivity contribution in [3.8, 4) is 5.75 Å². The van der Waals surface area contributed by atoms with Crippen molar-refractivity contribution >= 4 is 33.3 Å². The van der Waals surface area contributed by atoms with Gasteiger partial charge in [0.1, 0.15) is 5.75 Å². The summed E-state index contributed by atoms with van der Waals surface area (Å²) in [5.74, 6) is 0.945. The summed E-state index contributed by atoms with van der Waals surface area (Å²) < 4.78 is 7.13. The normalized spacial score (nSPS) is 10.6. The monoisotopic (exact) mass is 359 g/mol. The number of benzene rings is 1. The first kappa shape index (κ1) is 14.8. The largest absolute Gasteiger partial charge is 0.495 e. The molecule has 0 aliphatic carbocycles. The van der Waals surface area contributed by atoms with E-state index in [9.17, 15) is 10.1 Å². The molecule has 2 rings (SSSR count). The van der Waals surface area contributed by atoms with Crippen molar-refractivity contribution in [1.29, 1.82) is 0 Å². The van der Waals surface area contributed by atoms with Gasteiger partial charge in [-0.15, -0.1) is 0 Å². The van der Waals surface area contributed by atoms with E-state index in [1.165, 1.54) is 0 Å². The molecule has 6 nitrogen and oxygen atoms in total. The molecule has 20 heavy (non-hydrogen) atoms. The Balaban J connectivity index is 2.35. The van der Waals surface area contributed by atoms with Gasteiger partial charge in [-0.05, 0) is 43.5 Å². The van der Waals surface area contributed by atoms with Crippen molar-refractivity contribution in [2.75, 3.05) is 7.11 Å². The lowest BCUT2D eigenvalue weighted by molar-refractivity contribution is -0.390. The molecule has 8 heteroatoms. The molecule has 0 saturated heterocycles. The highest BCUT2D eigenvalue weighted by atomic mass is 79.9. The van der Waals surface area contributed by atoms with Gasteiger partial charge in [0.25, 0.3) is 0 Å². The van der Waals surface area contributed by atoms with Gasteiger partial charge in [0.2, 0.25) is 5.82 Å². The predicted molar refractivity (Wildman–Crippen MR) is 78.4 cm³/mol. The lowest BCUT2D eigenvalue weighted by Crippen LogP contribution is -2.02. The van der Waals surface area contributed by atoms with Crippen molar-refractivity contribution in [2.45, 2.75) is 13.5 Å². The summed E-state index contributed by atoms with van der Waals surface area (Å²) in [5.41, 5.74) is 0.895. The number of nitrogens with zero attached hydrogens (tertiary/aromatic N) is 3. The molecule has 2 aromatic rings. The number of methoxy groups -OCH3 is 1. The Hall–Kier alpha value is -1.60. The quantitative estimate of drug-likeness (QED) is 0.617. The second kappa shape index (κ2) is 5.80. The molecule has 1 aromatic carbocycles. The molecule has 0 unspecified atom stereocenters. The molecule has 106 valence electrons. The van der Waals surface area contributed by atoms with Gasteiger partial charge in [0, 0.05) is 6.92 Å². The molecule has 0 amide bonds. The van der Waals surface area contributed by atoms with Gasteiger partial charge in [-0.3, -0.25) is 4.57 Å². The van der Waals surface area contributed by atoms with E-state index in [1.807, 2.05) is 6.07 Å². The number of halogens is 2. The van der Waals surface area contributed by atoms with Crippen LogP contribution in [-0.4, -0.2) is 21.6 Å². The van der Waals surface area contributed by atoms with Gasteiger partial charge >= 0.3 is 5.82 Å². The first-order chi connectivity index (χ1) is 9.43. The fraction of sp³-hybridized carbons (Fsp3) is 0.250. The molecule has 0 aliphatic heterocycles. The second-order valence-electron chi connectivity index (χ2n) is 4.09. The molecule has 0 atom stereocenters. The van der Waals surface area contributed by atoms with Crippen LogP contribution in [0.3, 0.4) is 0 Å². The molecule has 0 bridgehead atoms. The van der Waals surface area contributed by atoms with Gasteiger partial charge in [-0.25, -0.2) is 0 Å². The highest BCUT2D eigenvalue weighted by Gasteiger charge is 2.23. The first-order valence-corrected chi connectivity index (χ1v) is 6.80. The zero-order chi connectivity index (χ0) is 14.9. The number of imidazole rings is 1. The summed E-state index contributed by atoms with van der Waals surface area (Å²) in [6.45, 7) is 2.14. The molecule has 0 N–H and O–H groups in total. The van der Waals surface area contributed by atoms with Crippen molar-refractivity contribution in [2.24, 2.45) is 0 Å². The van der Waals surface area contributed by atoms with Crippen molar-refractivity contribution < 1.29 is 9.66 Å². The van der Waals surface area contributed by atoms with Gasteiger partial charge in [-0.1, -0.05) is 17.7 Å². The Bertz CT molecular complexity index is 672. The van der Waals surface area contributed by atoms with Crippen LogP contribution in [0.1, 0.15) is 11.4 Å². The lowest BCUT2D eigenvalue weighted by atomic mass is 10.2. The standard InChI is InChI=1S/C12H11BrClN3O3/c1-7-15-12(17(18)19)11(13)16(7)6-8-3-4-10(20-2)9(14)5-8/h3-5H,6H2,1-2H3. The Kier molecular flexibility index (Phi) is 4.29. The zero-order valence-electron chi connectivity index (χ0n) is 10.8. The highest BCUT2D eigenvalue weighted by molar-refractivity contribution is 9.10. The molecule has 0 spiro atoms. The average Bonchev–Trinajstić information content (AvgIpc) is 2.67. The van der Waals surface area contributed by atoms with Crippen LogP contribution in [0.2, 0.25) is 5.02 Å². The SMILES string of the molecule is COc1ccc(Cn2c(C)nc([N+](=O)[O-])c2Br)cc1Cl. The topological polar surface area (TPSA) is 70.2 Å².